The van der Waals surface area contributed by atoms with Crippen molar-refractivity contribution in [2.75, 3.05) is 103 Å². The van der Waals surface area contributed by atoms with E-state index in [0.717, 1.165) is 42.5 Å². The Morgan fingerprint density at radius 3 is 0.603 bits per heavy atom. The third-order valence-corrected chi connectivity index (χ3v) is 12.8. The van der Waals surface area contributed by atoms with Crippen LogP contribution in [-0.4, -0.2) is 62.3 Å². The van der Waals surface area contributed by atoms with E-state index in [-0.39, 0.29) is 0 Å². The van der Waals surface area contributed by atoms with Crippen LogP contribution in [0.2, 0.25) is 0 Å². The average molecular weight is 961 g/mol. The van der Waals surface area contributed by atoms with Gasteiger partial charge in [-0.05, 0) is 142 Å². The summed E-state index contributed by atoms with van der Waals surface area (Å²) in [7, 11) is 12.4. The molecule has 8 aromatic carbocycles. The number of nitrogens with two attached hydrogens (primary N) is 2. The summed E-state index contributed by atoms with van der Waals surface area (Å²) in [5.41, 5.74) is 29.3. The Hall–Kier alpha value is -8.88. The van der Waals surface area contributed by atoms with E-state index in [9.17, 15) is 0 Å². The summed E-state index contributed by atoms with van der Waals surface area (Å²) in [5.74, 6) is 0. The molecule has 8 nitrogen and oxygen atoms in total. The molecule has 0 aliphatic carbocycles. The summed E-state index contributed by atoms with van der Waals surface area (Å²) < 4.78 is 0. The van der Waals surface area contributed by atoms with E-state index >= 15 is 0 Å². The maximum absolute atomic E-state index is 5.61. The minimum atomic E-state index is 0.782. The molecule has 8 aromatic rings. The van der Waals surface area contributed by atoms with Gasteiger partial charge in [0.15, 0.2) is 0 Å². The molecule has 0 aromatic heterocycles. The van der Waals surface area contributed by atoms with Crippen LogP contribution in [0.5, 0.6) is 0 Å². The molecule has 0 bridgehead atoms. The predicted molar refractivity (Wildman–Crippen MR) is 321 cm³/mol. The van der Waals surface area contributed by atoms with Gasteiger partial charge >= 0.3 is 0 Å². The molecule has 0 atom stereocenters. The smallest absolute Gasteiger partial charge is 0.0937 e. The van der Waals surface area contributed by atoms with Crippen LogP contribution in [0.15, 0.2) is 194 Å². The molecule has 8 heteroatoms. The van der Waals surface area contributed by atoms with Gasteiger partial charge in [-0.15, -0.1) is 0 Å². The SMILES string of the molecule is CN(C)c1ccc(/C=C/c2ccc(N3CN(c4ccc(/C=C/c5ccc(N(C)C)cc5)cc4)CN(c4ccc(/C=C/c5ccc(N(C)C)cc5)cc4)C3)cc2)cc1.Nc1ccc(/C=C/c2ccc(N)cc2)cc1. The Bertz CT molecular complexity index is 2760. The lowest BCUT2D eigenvalue weighted by molar-refractivity contribution is 0.611. The highest BCUT2D eigenvalue weighted by Gasteiger charge is 2.24. The van der Waals surface area contributed by atoms with Crippen molar-refractivity contribution in [3.63, 3.8) is 0 Å². The molecule has 9 rings (SSSR count). The Labute approximate surface area is 434 Å². The van der Waals surface area contributed by atoms with Crippen molar-refractivity contribution in [2.24, 2.45) is 0 Å². The summed E-state index contributed by atoms with van der Waals surface area (Å²) in [6.07, 6.45) is 17.2. The van der Waals surface area contributed by atoms with Crippen LogP contribution in [-0.2, 0) is 0 Å². The summed E-state index contributed by atoms with van der Waals surface area (Å²) in [4.78, 5) is 13.7. The van der Waals surface area contributed by atoms with Gasteiger partial charge in [0.05, 0.1) is 20.0 Å². The van der Waals surface area contributed by atoms with Crippen LogP contribution in [0, 0.1) is 0 Å². The minimum Gasteiger partial charge on any atom is -0.399 e. The van der Waals surface area contributed by atoms with Crippen LogP contribution in [0.25, 0.3) is 48.6 Å². The van der Waals surface area contributed by atoms with Crippen molar-refractivity contribution in [1.82, 2.24) is 0 Å². The molecule has 0 unspecified atom stereocenters. The third kappa shape index (κ3) is 14.6. The standard InChI is InChI=1S/C51H54N6.C14H14N2/c1-52(2)46-25-13-40(14-26-46)7-10-43-19-31-49(32-20-43)55-37-56(50-33-21-44(22-34-50)11-8-41-15-27-47(28-16-41)53(3)4)39-57(38-55)51-35-23-45(24-36-51)12-9-42-17-29-48(30-18-42)54(5)6;15-13-7-3-11(4-8-13)1-2-12-5-9-14(16)10-6-12/h7-36H,37-39H2,1-6H3;1-10H,15-16H2/b10-7+,11-8+,12-9+;2-1+. The Morgan fingerprint density at radius 1 is 0.260 bits per heavy atom. The molecular formula is C65H68N8. The maximum atomic E-state index is 5.61. The van der Waals surface area contributed by atoms with Gasteiger partial charge in [-0.25, -0.2) is 0 Å². The number of rotatable bonds is 14. The Morgan fingerprint density at radius 2 is 0.425 bits per heavy atom. The van der Waals surface area contributed by atoms with E-state index in [4.69, 9.17) is 11.5 Å². The van der Waals surface area contributed by atoms with Crippen molar-refractivity contribution in [3.05, 3.63) is 239 Å². The molecule has 73 heavy (non-hydrogen) atoms. The fourth-order valence-corrected chi connectivity index (χ4v) is 8.27. The van der Waals surface area contributed by atoms with E-state index in [2.05, 4.69) is 254 Å². The first kappa shape index (κ1) is 50.5. The molecule has 1 heterocycles. The van der Waals surface area contributed by atoms with Crippen LogP contribution < -0.4 is 40.9 Å². The molecule has 0 saturated carbocycles. The number of nitrogens with zero attached hydrogens (tertiary/aromatic N) is 6. The molecule has 0 spiro atoms. The van der Waals surface area contributed by atoms with Gasteiger partial charge in [0.2, 0.25) is 0 Å². The molecule has 0 amide bonds. The van der Waals surface area contributed by atoms with E-state index in [1.807, 2.05) is 60.7 Å². The van der Waals surface area contributed by atoms with Crippen molar-refractivity contribution in [3.8, 4) is 0 Å². The lowest BCUT2D eigenvalue weighted by Crippen LogP contribution is -2.55. The molecule has 1 fully saturated rings. The van der Waals surface area contributed by atoms with Gasteiger partial charge in [-0.2, -0.15) is 0 Å². The van der Waals surface area contributed by atoms with Crippen LogP contribution in [0.3, 0.4) is 0 Å². The summed E-state index contributed by atoms with van der Waals surface area (Å²) in [6, 6.07) is 68.2. The van der Waals surface area contributed by atoms with E-state index < -0.39 is 0 Å². The lowest BCUT2D eigenvalue weighted by atomic mass is 10.1. The van der Waals surface area contributed by atoms with Crippen molar-refractivity contribution < 1.29 is 0 Å². The molecule has 1 aliphatic heterocycles. The van der Waals surface area contributed by atoms with Crippen LogP contribution in [0.4, 0.5) is 45.5 Å². The molecule has 1 aliphatic rings. The van der Waals surface area contributed by atoms with Gasteiger partial charge in [-0.1, -0.05) is 146 Å². The molecule has 4 N–H and O–H groups in total. The first-order valence-corrected chi connectivity index (χ1v) is 24.7. The average Bonchev–Trinajstić information content (AvgIpc) is 3.42. The Kier molecular flexibility index (Phi) is 16.8. The summed E-state index contributed by atoms with van der Waals surface area (Å²) in [5, 5.41) is 0. The first-order chi connectivity index (χ1) is 35.4. The second-order valence-electron chi connectivity index (χ2n) is 18.9. The van der Waals surface area contributed by atoms with Gasteiger partial charge in [0, 0.05) is 87.8 Å². The number of hydrogen-bond acceptors (Lipinski definition) is 8. The topological polar surface area (TPSA) is 71.5 Å². The second-order valence-corrected chi connectivity index (χ2v) is 18.9. The zero-order valence-electron chi connectivity index (χ0n) is 43.1. The van der Waals surface area contributed by atoms with Crippen molar-refractivity contribution in [1.29, 1.82) is 0 Å². The van der Waals surface area contributed by atoms with Gasteiger partial charge in [0.25, 0.3) is 0 Å². The minimum absolute atomic E-state index is 0.782. The number of benzene rings is 8. The van der Waals surface area contributed by atoms with E-state index in [1.165, 1.54) is 67.5 Å². The first-order valence-electron chi connectivity index (χ1n) is 24.7. The zero-order chi connectivity index (χ0) is 51.1. The quantitative estimate of drug-likeness (QED) is 0.0825. The van der Waals surface area contributed by atoms with Gasteiger partial charge in [0.1, 0.15) is 0 Å². The number of anilines is 8. The molecule has 0 radical (unpaired) electrons. The number of nitrogen functional groups attached to an aromatic ring is 2. The largest absolute Gasteiger partial charge is 0.399 e. The van der Waals surface area contributed by atoms with Crippen LogP contribution in [0.1, 0.15) is 44.5 Å². The zero-order valence-corrected chi connectivity index (χ0v) is 43.1. The number of hydrogen-bond donors (Lipinski definition) is 2. The highest BCUT2D eigenvalue weighted by atomic mass is 15.5. The molecule has 1 saturated heterocycles. The maximum Gasteiger partial charge on any atom is 0.0937 e. The van der Waals surface area contributed by atoms with Crippen molar-refractivity contribution in [2.45, 2.75) is 0 Å². The molecular weight excluding hydrogens is 893 g/mol. The highest BCUT2D eigenvalue weighted by Crippen LogP contribution is 2.29. The fraction of sp³-hybridized carbons (Fsp3) is 0.138. The summed E-state index contributed by atoms with van der Waals surface area (Å²) >= 11 is 0. The third-order valence-electron chi connectivity index (χ3n) is 12.8. The van der Waals surface area contributed by atoms with Gasteiger partial charge < -0.3 is 40.9 Å². The van der Waals surface area contributed by atoms with Crippen LogP contribution >= 0.6 is 0 Å². The lowest BCUT2D eigenvalue weighted by Gasteiger charge is -2.45. The van der Waals surface area contributed by atoms with E-state index in [1.54, 1.807) is 0 Å². The normalized spacial score (nSPS) is 12.7. The van der Waals surface area contributed by atoms with Gasteiger partial charge in [-0.3, -0.25) is 0 Å². The Balaban J connectivity index is 0.000000377. The molecule has 368 valence electrons. The highest BCUT2D eigenvalue weighted by molar-refractivity contribution is 5.75. The van der Waals surface area contributed by atoms with Crippen molar-refractivity contribution >= 4 is 94.1 Å². The predicted octanol–water partition coefficient (Wildman–Crippen LogP) is 14.1. The fourth-order valence-electron chi connectivity index (χ4n) is 8.27. The summed E-state index contributed by atoms with van der Waals surface area (Å²) in [6.45, 7) is 2.35. The monoisotopic (exact) mass is 961 g/mol. The van der Waals surface area contributed by atoms with E-state index in [0.29, 0.717) is 0 Å². The second kappa shape index (κ2) is 24.3.